The molecule has 0 saturated heterocycles. The molecule has 1 N–H and O–H groups in total. The molecule has 0 radical (unpaired) electrons. The predicted octanol–water partition coefficient (Wildman–Crippen LogP) is 2.63. The van der Waals surface area contributed by atoms with Crippen LogP contribution in [0.1, 0.15) is 58.4 Å². The van der Waals surface area contributed by atoms with Gasteiger partial charge >= 0.3 is 5.97 Å². The van der Waals surface area contributed by atoms with Gasteiger partial charge in [0, 0.05) is 7.11 Å². The summed E-state index contributed by atoms with van der Waals surface area (Å²) in [6.07, 6.45) is -0.287. The van der Waals surface area contributed by atoms with E-state index in [1.54, 1.807) is 7.11 Å². The van der Waals surface area contributed by atoms with Crippen molar-refractivity contribution in [3.05, 3.63) is 11.7 Å². The Labute approximate surface area is 118 Å². The van der Waals surface area contributed by atoms with Gasteiger partial charge < -0.3 is 14.4 Å². The number of methoxy groups -OCH3 is 1. The molecule has 0 aromatic carbocycles. The van der Waals surface area contributed by atoms with E-state index < -0.39 is 11.9 Å². The van der Waals surface area contributed by atoms with Gasteiger partial charge in [-0.05, 0) is 10.8 Å². The van der Waals surface area contributed by atoms with Crippen molar-refractivity contribution in [3.63, 3.8) is 0 Å². The summed E-state index contributed by atoms with van der Waals surface area (Å²) >= 11 is 0. The first kappa shape index (κ1) is 15.0. The summed E-state index contributed by atoms with van der Waals surface area (Å²) in [5, 5.41) is 13.2. The van der Waals surface area contributed by atoms with E-state index in [0.717, 1.165) is 0 Å². The Morgan fingerprint density at radius 2 is 2.05 bits per heavy atom. The first-order valence-corrected chi connectivity index (χ1v) is 6.69. The zero-order valence-electron chi connectivity index (χ0n) is 12.8. The number of hydrogen-bond donors (Lipinski definition) is 1. The van der Waals surface area contributed by atoms with Gasteiger partial charge in [-0.25, -0.2) is 0 Å². The SMILES string of the molecule is COC(c1noc(C2C(C(=O)O)C2(C)C)n1)C(C)(C)C. The van der Waals surface area contributed by atoms with Crippen molar-refractivity contribution in [1.29, 1.82) is 0 Å². The highest BCUT2D eigenvalue weighted by Crippen LogP contribution is 2.64. The molecule has 1 saturated carbocycles. The lowest BCUT2D eigenvalue weighted by Gasteiger charge is -2.26. The summed E-state index contributed by atoms with van der Waals surface area (Å²) in [5.74, 6) is -0.644. The first-order chi connectivity index (χ1) is 9.10. The summed E-state index contributed by atoms with van der Waals surface area (Å²) < 4.78 is 10.7. The highest BCUT2D eigenvalue weighted by atomic mass is 16.5. The molecule has 1 heterocycles. The number of aliphatic carboxylic acids is 1. The fourth-order valence-corrected chi connectivity index (χ4v) is 2.89. The summed E-state index contributed by atoms with van der Waals surface area (Å²) in [4.78, 5) is 15.6. The lowest BCUT2D eigenvalue weighted by molar-refractivity contribution is -0.139. The number of rotatable bonds is 4. The van der Waals surface area contributed by atoms with E-state index in [1.807, 2.05) is 34.6 Å². The lowest BCUT2D eigenvalue weighted by atomic mass is 9.88. The molecule has 3 unspecified atom stereocenters. The Balaban J connectivity index is 2.25. The molecule has 0 spiro atoms. The Morgan fingerprint density at radius 1 is 1.45 bits per heavy atom. The molecule has 1 aliphatic rings. The number of aromatic nitrogens is 2. The van der Waals surface area contributed by atoms with Crippen LogP contribution in [0.25, 0.3) is 0 Å². The second-order valence-electron chi connectivity index (χ2n) is 7.09. The van der Waals surface area contributed by atoms with Gasteiger partial charge in [0.25, 0.3) is 0 Å². The summed E-state index contributed by atoms with van der Waals surface area (Å²) in [6.45, 7) is 9.88. The minimum absolute atomic E-state index is 0.166. The summed E-state index contributed by atoms with van der Waals surface area (Å²) in [5.41, 5.74) is -0.513. The molecule has 0 aliphatic heterocycles. The Hall–Kier alpha value is -1.43. The molecule has 1 fully saturated rings. The lowest BCUT2D eigenvalue weighted by Crippen LogP contribution is -2.21. The molecule has 20 heavy (non-hydrogen) atoms. The number of carboxylic acids is 1. The standard InChI is InChI=1S/C14H22N2O4/c1-13(2,3)9(19-6)10-15-11(20-16-10)7-8(12(17)18)14(7,4)5/h7-9H,1-6H3,(H,17,18). The molecule has 0 amide bonds. The van der Waals surface area contributed by atoms with E-state index in [2.05, 4.69) is 10.1 Å². The maximum absolute atomic E-state index is 11.2. The molecule has 1 aromatic heterocycles. The molecular weight excluding hydrogens is 260 g/mol. The molecule has 112 valence electrons. The molecule has 0 bridgehead atoms. The Kier molecular flexibility index (Phi) is 3.40. The molecule has 2 rings (SSSR count). The number of carboxylic acid groups (broad SMARTS) is 1. The van der Waals surface area contributed by atoms with E-state index in [1.165, 1.54) is 0 Å². The van der Waals surface area contributed by atoms with Gasteiger partial charge in [0.05, 0.1) is 11.8 Å². The quantitative estimate of drug-likeness (QED) is 0.913. The average Bonchev–Trinajstić information content (AvgIpc) is 2.67. The van der Waals surface area contributed by atoms with Crippen LogP contribution in [0.15, 0.2) is 4.52 Å². The van der Waals surface area contributed by atoms with Crippen LogP contribution >= 0.6 is 0 Å². The summed E-state index contributed by atoms with van der Waals surface area (Å²) in [6, 6.07) is 0. The van der Waals surface area contributed by atoms with Crippen LogP contribution in [0.2, 0.25) is 0 Å². The molecular formula is C14H22N2O4. The van der Waals surface area contributed by atoms with Crippen molar-refractivity contribution >= 4 is 5.97 Å². The smallest absolute Gasteiger partial charge is 0.307 e. The number of carbonyl (C=O) groups is 1. The van der Waals surface area contributed by atoms with Gasteiger partial charge in [0.2, 0.25) is 11.7 Å². The highest BCUT2D eigenvalue weighted by molar-refractivity contribution is 5.77. The molecule has 1 aromatic rings. The second kappa shape index (κ2) is 4.55. The Bertz CT molecular complexity index is 515. The van der Waals surface area contributed by atoms with Crippen molar-refractivity contribution in [3.8, 4) is 0 Å². The minimum atomic E-state index is -0.820. The average molecular weight is 282 g/mol. The van der Waals surface area contributed by atoms with Crippen molar-refractivity contribution in [1.82, 2.24) is 10.1 Å². The van der Waals surface area contributed by atoms with Crippen molar-refractivity contribution in [2.45, 2.75) is 46.6 Å². The largest absolute Gasteiger partial charge is 0.481 e. The molecule has 6 heteroatoms. The van der Waals surface area contributed by atoms with Gasteiger partial charge in [-0.3, -0.25) is 4.79 Å². The maximum atomic E-state index is 11.2. The second-order valence-corrected chi connectivity index (χ2v) is 7.09. The van der Waals surface area contributed by atoms with Crippen molar-refractivity contribution in [2.24, 2.45) is 16.7 Å². The van der Waals surface area contributed by atoms with Gasteiger partial charge in [-0.2, -0.15) is 4.98 Å². The third kappa shape index (κ3) is 2.32. The van der Waals surface area contributed by atoms with Crippen LogP contribution in [0, 0.1) is 16.7 Å². The van der Waals surface area contributed by atoms with Crippen LogP contribution < -0.4 is 0 Å². The van der Waals surface area contributed by atoms with E-state index in [4.69, 9.17) is 9.26 Å². The van der Waals surface area contributed by atoms with Crippen LogP contribution in [0.3, 0.4) is 0 Å². The van der Waals surface area contributed by atoms with Crippen molar-refractivity contribution < 1.29 is 19.2 Å². The fourth-order valence-electron chi connectivity index (χ4n) is 2.89. The third-order valence-corrected chi connectivity index (χ3v) is 4.07. The van der Waals surface area contributed by atoms with E-state index >= 15 is 0 Å². The monoisotopic (exact) mass is 282 g/mol. The number of hydrogen-bond acceptors (Lipinski definition) is 5. The maximum Gasteiger partial charge on any atom is 0.307 e. The van der Waals surface area contributed by atoms with Gasteiger partial charge in [-0.1, -0.05) is 39.8 Å². The topological polar surface area (TPSA) is 85.5 Å². The number of nitrogens with zero attached hydrogens (tertiary/aromatic N) is 2. The molecule has 6 nitrogen and oxygen atoms in total. The molecule has 3 atom stereocenters. The van der Waals surface area contributed by atoms with Crippen molar-refractivity contribution in [2.75, 3.05) is 7.11 Å². The van der Waals surface area contributed by atoms with Gasteiger partial charge in [-0.15, -0.1) is 0 Å². The fraction of sp³-hybridized carbons (Fsp3) is 0.786. The third-order valence-electron chi connectivity index (χ3n) is 4.07. The zero-order chi connectivity index (χ0) is 15.3. The van der Waals surface area contributed by atoms with Gasteiger partial charge in [0.1, 0.15) is 6.10 Å². The minimum Gasteiger partial charge on any atom is -0.481 e. The summed E-state index contributed by atoms with van der Waals surface area (Å²) in [7, 11) is 1.60. The van der Waals surface area contributed by atoms with Gasteiger partial charge in [0.15, 0.2) is 0 Å². The zero-order valence-corrected chi connectivity index (χ0v) is 12.8. The van der Waals surface area contributed by atoms with E-state index in [0.29, 0.717) is 11.7 Å². The van der Waals surface area contributed by atoms with E-state index in [-0.39, 0.29) is 22.9 Å². The normalized spacial score (nSPS) is 26.3. The first-order valence-electron chi connectivity index (χ1n) is 6.69. The number of ether oxygens (including phenoxy) is 1. The Morgan fingerprint density at radius 3 is 2.45 bits per heavy atom. The van der Waals surface area contributed by atoms with Crippen LogP contribution in [-0.2, 0) is 9.53 Å². The molecule has 1 aliphatic carbocycles. The van der Waals surface area contributed by atoms with Crippen LogP contribution in [0.4, 0.5) is 0 Å². The predicted molar refractivity (Wildman–Crippen MR) is 71.2 cm³/mol. The highest BCUT2D eigenvalue weighted by Gasteiger charge is 2.65. The van der Waals surface area contributed by atoms with Crippen LogP contribution in [-0.4, -0.2) is 28.3 Å². The van der Waals surface area contributed by atoms with Crippen LogP contribution in [0.5, 0.6) is 0 Å². The van der Waals surface area contributed by atoms with E-state index in [9.17, 15) is 9.90 Å².